The summed E-state index contributed by atoms with van der Waals surface area (Å²) in [6, 6.07) is -12.1. The summed E-state index contributed by atoms with van der Waals surface area (Å²) >= 11 is 0. The molecule has 2 rings (SSSR count). The summed E-state index contributed by atoms with van der Waals surface area (Å²) < 4.78 is 81.0. The highest BCUT2D eigenvalue weighted by Gasteiger charge is 2.54. The molecule has 2 heterocycles. The smallest absolute Gasteiger partial charge is 0.331 e. The molecular weight excluding hydrogens is 1800 g/mol. The number of aliphatic hydroxyl groups is 4. The van der Waals surface area contributed by atoms with Gasteiger partial charge in [0, 0.05) is 20.3 Å². The molecule has 2 saturated heterocycles. The lowest BCUT2D eigenvalue weighted by Gasteiger charge is -2.50. The molecule has 18 atom stereocenters. The molecule has 134 heavy (non-hydrogen) atoms. The fourth-order valence-corrected chi connectivity index (χ4v) is 16.6. The molecule has 2 aliphatic rings. The van der Waals surface area contributed by atoms with Crippen LogP contribution >= 0.6 is 23.5 Å². The lowest BCUT2D eigenvalue weighted by atomic mass is 9.94. The number of allylic oxidation sites excluding steroid dienone is 21. The summed E-state index contributed by atoms with van der Waals surface area (Å²) in [6.07, 6.45) is 25.1. The van der Waals surface area contributed by atoms with Gasteiger partial charge in [0.15, 0.2) is 12.6 Å². The Labute approximate surface area is 791 Å². The molecule has 14 N–H and O–H groups in total. The number of carbonyl (C=O) groups excluding carboxylic acids is 9. The Hall–Kier alpha value is -7.58. The quantitative estimate of drug-likeness (QED) is 0.0161. The van der Waals surface area contributed by atoms with E-state index in [9.17, 15) is 102 Å². The predicted octanol–water partition coefficient (Wildman–Crippen LogP) is 7.33. The molecule has 40 heteroatoms. The van der Waals surface area contributed by atoms with Crippen molar-refractivity contribution < 1.29 is 145 Å². The lowest BCUT2D eigenvalue weighted by molar-refractivity contribution is -0.368. The number of hydrogen-bond donors (Lipinski definition) is 12. The van der Waals surface area contributed by atoms with Crippen LogP contribution in [0.2, 0.25) is 0 Å². The van der Waals surface area contributed by atoms with Crippen LogP contribution in [0.1, 0.15) is 285 Å². The number of unbranched alkanes of at least 4 members (excludes halogenated alkanes) is 1. The first-order valence-corrected chi connectivity index (χ1v) is 50.5. The fourth-order valence-electron chi connectivity index (χ4n) is 14.2. The summed E-state index contributed by atoms with van der Waals surface area (Å²) in [7, 11) is -18.4. The van der Waals surface area contributed by atoms with Gasteiger partial charge in [-0.3, -0.25) is 47.2 Å². The molecule has 2 fully saturated rings. The van der Waals surface area contributed by atoms with Crippen molar-refractivity contribution in [3.05, 3.63) is 128 Å². The molecule has 0 radical (unpaired) electrons. The Balaban J connectivity index is 2.14. The van der Waals surface area contributed by atoms with Gasteiger partial charge in [0.2, 0.25) is 41.4 Å². The number of amides is 7. The van der Waals surface area contributed by atoms with Crippen LogP contribution in [0.5, 0.6) is 0 Å². The van der Waals surface area contributed by atoms with Gasteiger partial charge in [-0.1, -0.05) is 128 Å². The van der Waals surface area contributed by atoms with Crippen LogP contribution in [0.15, 0.2) is 128 Å². The van der Waals surface area contributed by atoms with Gasteiger partial charge < -0.3 is 125 Å². The van der Waals surface area contributed by atoms with E-state index in [1.165, 1.54) is 63.2 Å². The van der Waals surface area contributed by atoms with Gasteiger partial charge >= 0.3 is 5.97 Å². The Morgan fingerprint density at radius 2 is 0.806 bits per heavy atom. The number of phosphoric ester groups is 3. The zero-order valence-electron chi connectivity index (χ0n) is 81.6. The maximum Gasteiger partial charge on any atom is 0.331 e. The van der Waals surface area contributed by atoms with Crippen molar-refractivity contribution >= 4 is 76.8 Å². The van der Waals surface area contributed by atoms with Gasteiger partial charge in [-0.2, -0.15) is 0 Å². The van der Waals surface area contributed by atoms with Crippen LogP contribution in [0.3, 0.4) is 0 Å². The highest BCUT2D eigenvalue weighted by atomic mass is 31.3. The highest BCUT2D eigenvalue weighted by molar-refractivity contribution is 7.59. The number of ether oxygens (including phenoxy) is 4. The van der Waals surface area contributed by atoms with E-state index < -0.39 is 207 Å². The number of carboxylic acids is 1. The fraction of sp³-hybridized carbons (Fsp3) is 0.670. The van der Waals surface area contributed by atoms with Crippen molar-refractivity contribution in [1.29, 1.82) is 0 Å². The average Bonchev–Trinajstić information content (AvgIpc) is 0.763. The van der Waals surface area contributed by atoms with Gasteiger partial charge in [-0.15, -0.1) is 0 Å². The van der Waals surface area contributed by atoms with Crippen LogP contribution in [0, 0.1) is 0 Å². The number of carboxylic acid groups (broad SMARTS) is 1. The van der Waals surface area contributed by atoms with Crippen molar-refractivity contribution in [2.75, 3.05) is 26.4 Å². The molecule has 0 aliphatic carbocycles. The van der Waals surface area contributed by atoms with Crippen LogP contribution in [-0.4, -0.2) is 198 Å². The van der Waals surface area contributed by atoms with Crippen molar-refractivity contribution in [1.82, 2.24) is 37.2 Å². The molecule has 0 aromatic heterocycles. The van der Waals surface area contributed by atoms with E-state index in [-0.39, 0.29) is 12.8 Å². The molecule has 0 bridgehead atoms. The largest absolute Gasteiger partial charge is 0.780 e. The van der Waals surface area contributed by atoms with Crippen LogP contribution in [0.25, 0.3) is 0 Å². The minimum Gasteiger partial charge on any atom is -0.780 e. The van der Waals surface area contributed by atoms with Crippen molar-refractivity contribution in [3.8, 4) is 0 Å². The second-order valence-electron chi connectivity index (χ2n) is 35.2. The Kier molecular flexibility index (Phi) is 59.0. The molecule has 0 aromatic rings. The maximum absolute atomic E-state index is 14.2. The molecule has 0 aromatic carbocycles. The van der Waals surface area contributed by atoms with Crippen molar-refractivity contribution in [2.24, 2.45) is 0 Å². The second-order valence-corrected chi connectivity index (χ2v) is 39.2. The van der Waals surface area contributed by atoms with E-state index in [0.29, 0.717) is 31.4 Å². The van der Waals surface area contributed by atoms with Gasteiger partial charge in [0.05, 0.1) is 38.4 Å². The number of hydrogen-bond acceptors (Lipinski definition) is 29. The zero-order valence-corrected chi connectivity index (χ0v) is 84.3. The number of phosphoric acid groups is 3. The Morgan fingerprint density at radius 1 is 0.425 bits per heavy atom. The molecular formula is C94H153N8O29P3-4. The van der Waals surface area contributed by atoms with E-state index in [2.05, 4.69) is 176 Å². The summed E-state index contributed by atoms with van der Waals surface area (Å²) in [4.78, 5) is 168. The first-order valence-electron chi connectivity index (χ1n) is 46.2. The number of rotatable bonds is 64. The Bertz CT molecular complexity index is 4280. The van der Waals surface area contributed by atoms with Crippen LogP contribution < -0.4 is 67.6 Å². The zero-order chi connectivity index (χ0) is 101. The first-order chi connectivity index (χ1) is 62.8. The van der Waals surface area contributed by atoms with Crippen molar-refractivity contribution in [2.45, 2.75) is 383 Å². The van der Waals surface area contributed by atoms with Gasteiger partial charge in [0.25, 0.3) is 15.6 Å². The highest BCUT2D eigenvalue weighted by Crippen LogP contribution is 2.57. The maximum atomic E-state index is 14.2. The average molecular weight is 1950 g/mol. The number of aliphatic carboxylic acids is 1. The van der Waals surface area contributed by atoms with Crippen LogP contribution in [-0.2, 0) is 93.7 Å². The van der Waals surface area contributed by atoms with E-state index in [1.807, 2.05) is 12.2 Å². The predicted molar refractivity (Wildman–Crippen MR) is 497 cm³/mol. The third-order valence-corrected chi connectivity index (χ3v) is 25.2. The van der Waals surface area contributed by atoms with Crippen molar-refractivity contribution in [3.63, 3.8) is 0 Å². The van der Waals surface area contributed by atoms with Gasteiger partial charge in [-0.05, 0) is 265 Å². The van der Waals surface area contributed by atoms with E-state index in [1.54, 1.807) is 6.92 Å². The lowest BCUT2D eigenvalue weighted by Crippen LogP contribution is -2.70. The first kappa shape index (κ1) is 122. The summed E-state index contributed by atoms with van der Waals surface area (Å²) in [6.45, 7) is 29.4. The topological polar surface area (TPSA) is 587 Å². The minimum atomic E-state index is -6.31. The summed E-state index contributed by atoms with van der Waals surface area (Å²) in [5, 5.41) is 69.9. The number of nitrogens with one attached hydrogen (secondary N) is 7. The normalized spacial score (nSPS) is 22.2. The van der Waals surface area contributed by atoms with Gasteiger partial charge in [-0.25, -0.2) is 9.11 Å². The molecule has 37 nitrogen and oxygen atoms in total. The molecule has 2 aliphatic heterocycles. The summed E-state index contributed by atoms with van der Waals surface area (Å²) in [5.41, 5.74) is 18.3. The number of carbonyl (C=O) groups is 9. The third-order valence-electron chi connectivity index (χ3n) is 22.3. The number of aliphatic hydroxyl groups excluding tert-OH is 4. The van der Waals surface area contributed by atoms with E-state index >= 15 is 0 Å². The SMILES string of the molecule is CC(=O)N[C@H]1[C@H](O[C@H]2[C@H](O[C@H](C)C(=O)N[C@@H](C)C(=O)N[C@H](CCC(=O)N[C@@H](CCCC[NH3+])C(=O)N[C@H](C)C(=O)N[C@H](C)C(=O)[O-])C(=O)OP(=O)([O-])[O-])[C@@H](NC(C)=O)[C@@H](OP(=O)([O-])OP(=O)([O-])OC/C=C(/C)CC/C=C(/C)CC/C=C(/C)CC/C=C(/C)CC/C=C(/C)CC/C=C(/C)CC/C=C(/C)CC/C=C(/C)CC/C=C(\C)CC/C=C(\C)CCC=C(C)C)O[C@@H]2CO)O[C@H](CO)[C@@H](O)[C@@H]1O. The Morgan fingerprint density at radius 3 is 1.19 bits per heavy atom. The molecule has 0 saturated carbocycles. The van der Waals surface area contributed by atoms with Gasteiger partial charge in [0.1, 0.15) is 86.8 Å². The van der Waals surface area contributed by atoms with E-state index in [4.69, 9.17) is 28.0 Å². The molecule has 0 spiro atoms. The third kappa shape index (κ3) is 52.8. The second kappa shape index (κ2) is 64.6. The molecule has 762 valence electrons. The minimum absolute atomic E-state index is 0.0557. The molecule has 7 amide bonds. The number of quaternary nitrogens is 1. The monoisotopic (exact) mass is 1950 g/mol. The van der Waals surface area contributed by atoms with E-state index in [0.717, 1.165) is 156 Å². The van der Waals surface area contributed by atoms with Crippen LogP contribution in [0.4, 0.5) is 0 Å². The summed E-state index contributed by atoms with van der Waals surface area (Å²) in [5.74, 6) is -11.0. The standard InChI is InChI=1S/C94H157N8O29P3/c1-59(2)31-21-32-60(3)33-22-34-61(4)35-23-36-62(5)37-24-38-63(6)39-25-40-64(7)41-26-42-65(8)43-27-44-66(9)45-28-46-67(10)47-29-48-68(11)49-30-50-69(12)54-56-124-133(120,121)131-134(122,123)130-94-82(100-75(18)106)86(85(79(58-104)127-94)128-93-81(99-74(17)105)84(109)83(108)78(57-103)126-93)125-73(16)89(112)96-71(14)88(111)102-77(92(116)129-132(117,118)119)52-53-80(107)101-76(51-19-20-55-95)90(113)97-70(13)87(110)98-72(15)91(114)115/h31,33,35,37,39,41,43,45,47,49,54,70-73,76-79,81-86,93-94,103-104,108-109H,19-30,32,34,36,38,40,42,44,46,48,50-53,55-58,95H2,1-18H3,(H,96,112)(H,97,113)(H,98,110)(H,99,105)(H,100,106)(H,101,107)(H,102,111)(H,114,115)(H,120,121)(H,122,123)(H2,117,118,119)/p-4/b60-33+,61-35+,62-37-,63-39-,64-41-,65-43-,66-45-,67-47-,68-49-,69-54-/t70-,71+,72-,73-,76+,77-,78-,79-,81-,82-,83-,84-,85-,86-,93+,94-/m1/s1. The molecule has 2 unspecified atom stereocenters.